The maximum atomic E-state index is 14.3. The van der Waals surface area contributed by atoms with Crippen molar-refractivity contribution < 1.29 is 14.0 Å². The summed E-state index contributed by atoms with van der Waals surface area (Å²) in [6.45, 7) is 5.68. The second kappa shape index (κ2) is 9.47. The van der Waals surface area contributed by atoms with Gasteiger partial charge in [0.1, 0.15) is 5.82 Å². The molecule has 2 fully saturated rings. The number of aryl methyl sites for hydroxylation is 1. The van der Waals surface area contributed by atoms with Crippen molar-refractivity contribution in [3.63, 3.8) is 0 Å². The minimum absolute atomic E-state index is 0.299. The number of fused-ring (bicyclic) bond motifs is 1. The minimum atomic E-state index is -0.593. The molecule has 3 aliphatic rings. The van der Waals surface area contributed by atoms with Crippen LogP contribution < -0.4 is 5.32 Å². The van der Waals surface area contributed by atoms with Gasteiger partial charge in [-0.05, 0) is 24.6 Å². The van der Waals surface area contributed by atoms with Crippen molar-refractivity contribution in [3.8, 4) is 0 Å². The first-order valence-electron chi connectivity index (χ1n) is 11.7. The number of nitrogens with zero attached hydrogens (tertiary/aromatic N) is 5. The molecule has 0 radical (unpaired) electrons. The predicted molar refractivity (Wildman–Crippen MR) is 131 cm³/mol. The summed E-state index contributed by atoms with van der Waals surface area (Å²) in [5.74, 6) is 0.0739. The van der Waals surface area contributed by atoms with E-state index in [1.807, 2.05) is 36.1 Å². The molecule has 3 amide bonds. The third kappa shape index (κ3) is 4.58. The summed E-state index contributed by atoms with van der Waals surface area (Å²) < 4.78 is 14.3. The van der Waals surface area contributed by atoms with Crippen molar-refractivity contribution in [2.75, 3.05) is 33.2 Å². The first-order chi connectivity index (χ1) is 16.8. The van der Waals surface area contributed by atoms with Gasteiger partial charge in [0.15, 0.2) is 18.2 Å². The summed E-state index contributed by atoms with van der Waals surface area (Å²) in [7, 11) is 1.66. The lowest BCUT2D eigenvalue weighted by atomic mass is 10.1. The zero-order chi connectivity index (χ0) is 24.7. The molecule has 0 saturated carbocycles. The number of benzene rings is 2. The quantitative estimate of drug-likeness (QED) is 0.701. The molecule has 3 aliphatic heterocycles. The molecule has 0 aliphatic carbocycles. The molecule has 2 unspecified atom stereocenters. The molecule has 5 rings (SSSR count). The van der Waals surface area contributed by atoms with Crippen LogP contribution in [0.3, 0.4) is 0 Å². The molecule has 35 heavy (non-hydrogen) atoms. The van der Waals surface area contributed by atoms with E-state index < -0.39 is 18.2 Å². The highest BCUT2D eigenvalue weighted by Gasteiger charge is 2.49. The lowest BCUT2D eigenvalue weighted by Gasteiger charge is -2.40. The van der Waals surface area contributed by atoms with Crippen LogP contribution in [-0.4, -0.2) is 82.9 Å². The van der Waals surface area contributed by atoms with Gasteiger partial charge in [0.25, 0.3) is 5.91 Å². The fraction of sp³-hybridized carbons (Fsp3) is 0.400. The van der Waals surface area contributed by atoms with Gasteiger partial charge in [-0.15, -0.1) is 0 Å². The Labute approximate surface area is 208 Å². The molecule has 0 bridgehead atoms. The highest BCUT2D eigenvalue weighted by molar-refractivity contribution is 6.31. The van der Waals surface area contributed by atoms with Gasteiger partial charge >= 0.3 is 6.03 Å². The Balaban J connectivity index is 1.35. The molecule has 2 aromatic carbocycles. The number of hydrogen-bond acceptors (Lipinski definition) is 6. The zero-order valence-corrected chi connectivity index (χ0v) is 20.5. The van der Waals surface area contributed by atoms with Gasteiger partial charge in [-0.1, -0.05) is 47.5 Å². The first kappa shape index (κ1) is 23.6. The molecule has 0 aromatic heterocycles. The Morgan fingerprint density at radius 3 is 2.46 bits per heavy atom. The normalized spacial score (nSPS) is 22.9. The summed E-state index contributed by atoms with van der Waals surface area (Å²) in [5.41, 5.74) is 2.72. The molecule has 2 saturated heterocycles. The summed E-state index contributed by atoms with van der Waals surface area (Å²) in [5, 5.41) is 2.88. The predicted octanol–water partition coefficient (Wildman–Crippen LogP) is 2.65. The highest BCUT2D eigenvalue weighted by atomic mass is 35.5. The van der Waals surface area contributed by atoms with Gasteiger partial charge in [-0.2, -0.15) is 0 Å². The molecule has 2 atom stereocenters. The van der Waals surface area contributed by atoms with Crippen LogP contribution in [0.4, 0.5) is 9.18 Å². The average Bonchev–Trinajstić information content (AvgIpc) is 3.22. The molecular formula is C25H28ClFN6O2. The molecule has 1 N–H and O–H groups in total. The fourth-order valence-corrected chi connectivity index (χ4v) is 5.07. The van der Waals surface area contributed by atoms with Crippen LogP contribution in [0.25, 0.3) is 0 Å². The number of carbonyl (C=O) groups excluding carboxylic acids is 2. The van der Waals surface area contributed by atoms with Gasteiger partial charge < -0.3 is 14.7 Å². The standard InChI is InChI=1S/C25H28ClFN6O2/c1-16-6-8-17(9-7-16)14-33-21-22(30(2)25(35)29-23(21)34)28-24(33)32-12-10-31(11-13-32)15-18-19(26)4-3-5-20(18)27/h3-9,21-22H,10-15H2,1-2H3,(H,29,34,35). The minimum Gasteiger partial charge on any atom is -0.340 e. The SMILES string of the molecule is Cc1ccc(CN2C(N3CCN(Cc4c(F)cccc4Cl)CC3)=NC3C2C(=O)NC(=O)N3C)cc1. The number of nitrogens with one attached hydrogen (secondary N) is 1. The van der Waals surface area contributed by atoms with Crippen LogP contribution in [0, 0.1) is 12.7 Å². The van der Waals surface area contributed by atoms with E-state index in [0.29, 0.717) is 55.8 Å². The maximum absolute atomic E-state index is 14.3. The number of carbonyl (C=O) groups is 2. The van der Waals surface area contributed by atoms with E-state index in [4.69, 9.17) is 16.6 Å². The van der Waals surface area contributed by atoms with Crippen molar-refractivity contribution in [2.24, 2.45) is 4.99 Å². The van der Waals surface area contributed by atoms with Crippen molar-refractivity contribution >= 4 is 29.5 Å². The Bertz CT molecular complexity index is 1140. The van der Waals surface area contributed by atoms with Gasteiger partial charge in [-0.3, -0.25) is 15.0 Å². The molecule has 10 heteroatoms. The molecule has 2 aromatic rings. The summed E-state index contributed by atoms with van der Waals surface area (Å²) in [6.07, 6.45) is -0.577. The van der Waals surface area contributed by atoms with Gasteiger partial charge in [0, 0.05) is 56.9 Å². The summed E-state index contributed by atoms with van der Waals surface area (Å²) in [6, 6.07) is 11.9. The third-order valence-electron chi connectivity index (χ3n) is 6.91. The van der Waals surface area contributed by atoms with E-state index in [2.05, 4.69) is 15.1 Å². The van der Waals surface area contributed by atoms with Crippen molar-refractivity contribution in [1.29, 1.82) is 0 Å². The largest absolute Gasteiger partial charge is 0.340 e. The second-order valence-corrected chi connectivity index (χ2v) is 9.68. The van der Waals surface area contributed by atoms with E-state index in [1.165, 1.54) is 11.0 Å². The van der Waals surface area contributed by atoms with Crippen LogP contribution >= 0.6 is 11.6 Å². The van der Waals surface area contributed by atoms with Crippen molar-refractivity contribution in [3.05, 3.63) is 70.0 Å². The molecule has 8 nitrogen and oxygen atoms in total. The fourth-order valence-electron chi connectivity index (χ4n) is 4.85. The van der Waals surface area contributed by atoms with Gasteiger partial charge in [0.2, 0.25) is 0 Å². The van der Waals surface area contributed by atoms with Gasteiger partial charge in [0.05, 0.1) is 0 Å². The van der Waals surface area contributed by atoms with E-state index in [9.17, 15) is 14.0 Å². The first-order valence-corrected chi connectivity index (χ1v) is 12.1. The van der Waals surface area contributed by atoms with Crippen LogP contribution in [-0.2, 0) is 17.9 Å². The smallest absolute Gasteiger partial charge is 0.325 e. The molecule has 3 heterocycles. The Morgan fingerprint density at radius 1 is 1.06 bits per heavy atom. The lowest BCUT2D eigenvalue weighted by molar-refractivity contribution is -0.127. The Hall–Kier alpha value is -3.17. The number of halogens is 2. The van der Waals surface area contributed by atoms with Crippen LogP contribution in [0.5, 0.6) is 0 Å². The topological polar surface area (TPSA) is 71.5 Å². The van der Waals surface area contributed by atoms with E-state index in [0.717, 1.165) is 11.1 Å². The number of piperazine rings is 1. The van der Waals surface area contributed by atoms with E-state index >= 15 is 0 Å². The van der Waals surface area contributed by atoms with Crippen LogP contribution in [0.1, 0.15) is 16.7 Å². The zero-order valence-electron chi connectivity index (χ0n) is 19.7. The Morgan fingerprint density at radius 2 is 1.77 bits per heavy atom. The van der Waals surface area contributed by atoms with Crippen molar-refractivity contribution in [1.82, 2.24) is 24.9 Å². The van der Waals surface area contributed by atoms with Gasteiger partial charge in [-0.25, -0.2) is 14.2 Å². The number of amides is 3. The van der Waals surface area contributed by atoms with E-state index in [-0.39, 0.29) is 11.7 Å². The summed E-state index contributed by atoms with van der Waals surface area (Å²) in [4.78, 5) is 37.8. The number of urea groups is 1. The Kier molecular flexibility index (Phi) is 6.37. The number of imide groups is 1. The number of aliphatic imine (C=N–C) groups is 1. The van der Waals surface area contributed by atoms with Crippen LogP contribution in [0.15, 0.2) is 47.5 Å². The van der Waals surface area contributed by atoms with Crippen LogP contribution in [0.2, 0.25) is 5.02 Å². The lowest BCUT2D eigenvalue weighted by Crippen LogP contribution is -2.64. The number of guanidine groups is 1. The van der Waals surface area contributed by atoms with Crippen molar-refractivity contribution in [2.45, 2.75) is 32.2 Å². The highest BCUT2D eigenvalue weighted by Crippen LogP contribution is 2.28. The third-order valence-corrected chi connectivity index (χ3v) is 7.26. The number of hydrogen-bond donors (Lipinski definition) is 1. The molecule has 0 spiro atoms. The number of rotatable bonds is 4. The monoisotopic (exact) mass is 498 g/mol. The molecular weight excluding hydrogens is 471 g/mol. The van der Waals surface area contributed by atoms with E-state index in [1.54, 1.807) is 19.2 Å². The summed E-state index contributed by atoms with van der Waals surface area (Å²) >= 11 is 6.22. The average molecular weight is 499 g/mol. The molecule has 184 valence electrons. The number of likely N-dealkylation sites (N-methyl/N-ethyl adjacent to an activating group) is 1. The second-order valence-electron chi connectivity index (χ2n) is 9.27. The maximum Gasteiger partial charge on any atom is 0.325 e.